The number of aromatic nitrogens is 2. The molecule has 0 saturated heterocycles. The van der Waals surface area contributed by atoms with Crippen molar-refractivity contribution in [2.45, 2.75) is 4.90 Å². The third kappa shape index (κ3) is 3.47. The fourth-order valence-corrected chi connectivity index (χ4v) is 4.14. The number of carbonyl (C=O) groups excluding carboxylic acids is 1. The number of fused-ring (bicyclic) bond motifs is 2. The SMILES string of the molecule is CN(CC(=O)Nc1nc2ccccc2[nH]1)S(=O)(=O)c1ccc2ccccc2c1. The second-order valence-electron chi connectivity index (χ2n) is 6.42. The Morgan fingerprint density at radius 3 is 2.54 bits per heavy atom. The highest BCUT2D eigenvalue weighted by Crippen LogP contribution is 2.21. The summed E-state index contributed by atoms with van der Waals surface area (Å²) in [4.78, 5) is 19.7. The lowest BCUT2D eigenvalue weighted by molar-refractivity contribution is -0.116. The van der Waals surface area contributed by atoms with Crippen molar-refractivity contribution < 1.29 is 13.2 Å². The molecule has 0 saturated carbocycles. The Bertz CT molecular complexity index is 1250. The van der Waals surface area contributed by atoms with E-state index in [1.807, 2.05) is 48.5 Å². The van der Waals surface area contributed by atoms with Crippen molar-refractivity contribution in [1.29, 1.82) is 0 Å². The molecule has 0 bridgehead atoms. The zero-order valence-corrected chi connectivity index (χ0v) is 15.9. The normalized spacial score (nSPS) is 11.9. The number of aromatic amines is 1. The van der Waals surface area contributed by atoms with E-state index < -0.39 is 15.9 Å². The van der Waals surface area contributed by atoms with Gasteiger partial charge in [0.25, 0.3) is 0 Å². The fraction of sp³-hybridized carbons (Fsp3) is 0.100. The fourth-order valence-electron chi connectivity index (χ4n) is 2.98. The summed E-state index contributed by atoms with van der Waals surface area (Å²) in [7, 11) is -2.42. The van der Waals surface area contributed by atoms with Gasteiger partial charge in [-0.25, -0.2) is 13.4 Å². The molecule has 0 unspecified atom stereocenters. The Morgan fingerprint density at radius 2 is 1.75 bits per heavy atom. The van der Waals surface area contributed by atoms with Crippen molar-refractivity contribution >= 4 is 43.7 Å². The van der Waals surface area contributed by atoms with Crippen LogP contribution in [-0.4, -0.2) is 42.2 Å². The minimum Gasteiger partial charge on any atom is -0.324 e. The van der Waals surface area contributed by atoms with Crippen LogP contribution in [0.2, 0.25) is 0 Å². The van der Waals surface area contributed by atoms with Crippen LogP contribution in [0.5, 0.6) is 0 Å². The first-order valence-electron chi connectivity index (χ1n) is 8.63. The Kier molecular flexibility index (Phi) is 4.58. The van der Waals surface area contributed by atoms with Crippen LogP contribution in [0, 0.1) is 0 Å². The van der Waals surface area contributed by atoms with Crippen LogP contribution >= 0.6 is 0 Å². The van der Waals surface area contributed by atoms with E-state index in [-0.39, 0.29) is 17.4 Å². The molecule has 0 radical (unpaired) electrons. The maximum atomic E-state index is 12.8. The summed E-state index contributed by atoms with van der Waals surface area (Å²) >= 11 is 0. The summed E-state index contributed by atoms with van der Waals surface area (Å²) in [6.07, 6.45) is 0. The number of anilines is 1. The summed E-state index contributed by atoms with van der Waals surface area (Å²) < 4.78 is 26.7. The van der Waals surface area contributed by atoms with Crippen molar-refractivity contribution in [3.63, 3.8) is 0 Å². The molecular formula is C20H18N4O3S. The number of likely N-dealkylation sites (N-methyl/N-ethyl adjacent to an activating group) is 1. The average molecular weight is 394 g/mol. The van der Waals surface area contributed by atoms with Crippen LogP contribution in [0.1, 0.15) is 0 Å². The highest BCUT2D eigenvalue weighted by molar-refractivity contribution is 7.89. The van der Waals surface area contributed by atoms with Crippen molar-refractivity contribution in [1.82, 2.24) is 14.3 Å². The molecule has 2 N–H and O–H groups in total. The van der Waals surface area contributed by atoms with E-state index in [0.29, 0.717) is 0 Å². The number of nitrogens with zero attached hydrogens (tertiary/aromatic N) is 2. The number of carbonyl (C=O) groups is 1. The largest absolute Gasteiger partial charge is 0.324 e. The van der Waals surface area contributed by atoms with E-state index in [1.165, 1.54) is 7.05 Å². The van der Waals surface area contributed by atoms with E-state index in [1.54, 1.807) is 18.2 Å². The molecule has 0 fully saturated rings. The number of H-pyrrole nitrogens is 1. The molecule has 0 atom stereocenters. The van der Waals surface area contributed by atoms with Gasteiger partial charge in [-0.3, -0.25) is 10.1 Å². The summed E-state index contributed by atoms with van der Waals surface area (Å²) in [6.45, 7) is -0.327. The average Bonchev–Trinajstić information content (AvgIpc) is 3.09. The summed E-state index contributed by atoms with van der Waals surface area (Å²) in [6, 6.07) is 19.8. The first-order valence-corrected chi connectivity index (χ1v) is 10.1. The second-order valence-corrected chi connectivity index (χ2v) is 8.47. The minimum absolute atomic E-state index is 0.144. The molecule has 8 heteroatoms. The molecule has 1 heterocycles. The van der Waals surface area contributed by atoms with Gasteiger partial charge in [0, 0.05) is 7.05 Å². The highest BCUT2D eigenvalue weighted by Gasteiger charge is 2.23. The van der Waals surface area contributed by atoms with E-state index in [9.17, 15) is 13.2 Å². The van der Waals surface area contributed by atoms with Gasteiger partial charge >= 0.3 is 0 Å². The standard InChI is InChI=1S/C20H18N4O3S/c1-24(13-19(25)23-20-21-17-8-4-5-9-18(17)22-20)28(26,27)16-11-10-14-6-2-3-7-15(14)12-16/h2-12H,13H2,1H3,(H2,21,22,23,25). The molecule has 1 aromatic heterocycles. The first-order chi connectivity index (χ1) is 13.4. The molecule has 0 spiro atoms. The zero-order valence-electron chi connectivity index (χ0n) is 15.1. The van der Waals surface area contributed by atoms with Crippen LogP contribution in [-0.2, 0) is 14.8 Å². The minimum atomic E-state index is -3.80. The molecule has 1 amide bonds. The van der Waals surface area contributed by atoms with Crippen LogP contribution in [0.4, 0.5) is 5.95 Å². The highest BCUT2D eigenvalue weighted by atomic mass is 32.2. The van der Waals surface area contributed by atoms with Crippen LogP contribution < -0.4 is 5.32 Å². The third-order valence-corrected chi connectivity index (χ3v) is 6.24. The Morgan fingerprint density at radius 1 is 1.04 bits per heavy atom. The molecule has 4 rings (SSSR count). The number of para-hydroxylation sites is 2. The van der Waals surface area contributed by atoms with Gasteiger partial charge in [-0.15, -0.1) is 0 Å². The van der Waals surface area contributed by atoms with E-state index in [2.05, 4.69) is 15.3 Å². The molecule has 3 aromatic carbocycles. The Balaban J connectivity index is 1.50. The van der Waals surface area contributed by atoms with Gasteiger partial charge in [0.05, 0.1) is 22.5 Å². The lowest BCUT2D eigenvalue weighted by atomic mass is 10.1. The van der Waals surface area contributed by atoms with E-state index in [4.69, 9.17) is 0 Å². The number of sulfonamides is 1. The third-order valence-electron chi connectivity index (χ3n) is 4.44. The zero-order chi connectivity index (χ0) is 19.7. The summed E-state index contributed by atoms with van der Waals surface area (Å²) in [5, 5.41) is 4.38. The van der Waals surface area contributed by atoms with Crippen LogP contribution in [0.25, 0.3) is 21.8 Å². The van der Waals surface area contributed by atoms with Crippen molar-refractivity contribution in [2.75, 3.05) is 18.9 Å². The number of imidazole rings is 1. The second kappa shape index (κ2) is 7.06. The first kappa shape index (κ1) is 18.1. The lowest BCUT2D eigenvalue weighted by Crippen LogP contribution is -2.35. The van der Waals surface area contributed by atoms with Crippen LogP contribution in [0.15, 0.2) is 71.6 Å². The Hall–Kier alpha value is -3.23. The molecule has 7 nitrogen and oxygen atoms in total. The summed E-state index contributed by atoms with van der Waals surface area (Å²) in [5.74, 6) is -0.200. The van der Waals surface area contributed by atoms with E-state index in [0.717, 1.165) is 26.1 Å². The van der Waals surface area contributed by atoms with Gasteiger partial charge < -0.3 is 4.98 Å². The number of benzene rings is 3. The predicted octanol–water partition coefficient (Wildman–Crippen LogP) is 2.98. The summed E-state index contributed by atoms with van der Waals surface area (Å²) in [5.41, 5.74) is 1.50. The van der Waals surface area contributed by atoms with Gasteiger partial charge in [0.2, 0.25) is 21.9 Å². The number of nitrogens with one attached hydrogen (secondary N) is 2. The van der Waals surface area contributed by atoms with Crippen molar-refractivity contribution in [2.24, 2.45) is 0 Å². The van der Waals surface area contributed by atoms with Gasteiger partial charge in [-0.1, -0.05) is 42.5 Å². The molecule has 28 heavy (non-hydrogen) atoms. The number of hydrogen-bond donors (Lipinski definition) is 2. The smallest absolute Gasteiger partial charge is 0.243 e. The van der Waals surface area contributed by atoms with Crippen molar-refractivity contribution in [3.05, 3.63) is 66.7 Å². The molecule has 0 aliphatic heterocycles. The van der Waals surface area contributed by atoms with Gasteiger partial charge in [0.15, 0.2) is 0 Å². The van der Waals surface area contributed by atoms with Crippen LogP contribution in [0.3, 0.4) is 0 Å². The number of hydrogen-bond acceptors (Lipinski definition) is 4. The number of rotatable bonds is 5. The maximum absolute atomic E-state index is 12.8. The van der Waals surface area contributed by atoms with Gasteiger partial charge in [-0.05, 0) is 35.0 Å². The molecule has 4 aromatic rings. The Labute approximate surface area is 162 Å². The molecule has 142 valence electrons. The monoisotopic (exact) mass is 394 g/mol. The topological polar surface area (TPSA) is 95.2 Å². The quantitative estimate of drug-likeness (QED) is 0.544. The predicted molar refractivity (Wildman–Crippen MR) is 108 cm³/mol. The van der Waals surface area contributed by atoms with Gasteiger partial charge in [-0.2, -0.15) is 4.31 Å². The number of amides is 1. The van der Waals surface area contributed by atoms with Crippen molar-refractivity contribution in [3.8, 4) is 0 Å². The lowest BCUT2D eigenvalue weighted by Gasteiger charge is -2.16. The van der Waals surface area contributed by atoms with Gasteiger partial charge in [0.1, 0.15) is 0 Å². The molecule has 0 aliphatic rings. The van der Waals surface area contributed by atoms with E-state index >= 15 is 0 Å². The maximum Gasteiger partial charge on any atom is 0.243 e. The molecular weight excluding hydrogens is 376 g/mol. The molecule has 0 aliphatic carbocycles.